The summed E-state index contributed by atoms with van der Waals surface area (Å²) in [6.45, 7) is 7.79. The molecule has 0 radical (unpaired) electrons. The number of fused-ring (bicyclic) bond motifs is 1. The van der Waals surface area contributed by atoms with Crippen molar-refractivity contribution in [2.24, 2.45) is 0 Å². The fourth-order valence-corrected chi connectivity index (χ4v) is 3.68. The SMILES string of the molecule is c1ccc(CN2CCCN(Cc3cccc4c3OCCO4)CC2)cc1. The molecule has 2 aliphatic heterocycles. The van der Waals surface area contributed by atoms with Gasteiger partial charge in [0, 0.05) is 31.7 Å². The summed E-state index contributed by atoms with van der Waals surface area (Å²) in [5.74, 6) is 1.84. The fraction of sp³-hybridized carbons (Fsp3) is 0.429. The zero-order chi connectivity index (χ0) is 16.9. The van der Waals surface area contributed by atoms with Crippen LogP contribution in [0.3, 0.4) is 0 Å². The minimum atomic E-state index is 0.647. The molecule has 0 aliphatic carbocycles. The lowest BCUT2D eigenvalue weighted by Crippen LogP contribution is -2.30. The Morgan fingerprint density at radius 2 is 1.48 bits per heavy atom. The monoisotopic (exact) mass is 338 g/mol. The van der Waals surface area contributed by atoms with Gasteiger partial charge in [-0.1, -0.05) is 42.5 Å². The maximum Gasteiger partial charge on any atom is 0.165 e. The van der Waals surface area contributed by atoms with E-state index in [2.05, 4.69) is 52.3 Å². The summed E-state index contributed by atoms with van der Waals surface area (Å²) < 4.78 is 11.6. The highest BCUT2D eigenvalue weighted by Gasteiger charge is 2.20. The molecule has 1 saturated heterocycles. The number of hydrogen-bond acceptors (Lipinski definition) is 4. The van der Waals surface area contributed by atoms with Gasteiger partial charge in [0.2, 0.25) is 0 Å². The summed E-state index contributed by atoms with van der Waals surface area (Å²) >= 11 is 0. The number of hydrogen-bond donors (Lipinski definition) is 0. The van der Waals surface area contributed by atoms with Crippen molar-refractivity contribution in [2.75, 3.05) is 39.4 Å². The van der Waals surface area contributed by atoms with Gasteiger partial charge in [0.05, 0.1) is 0 Å². The number of ether oxygens (including phenoxy) is 2. The summed E-state index contributed by atoms with van der Waals surface area (Å²) in [5.41, 5.74) is 2.65. The van der Waals surface area contributed by atoms with Gasteiger partial charge in [-0.2, -0.15) is 0 Å². The van der Waals surface area contributed by atoms with Gasteiger partial charge in [0.15, 0.2) is 11.5 Å². The molecular weight excluding hydrogens is 312 g/mol. The Labute approximate surface area is 150 Å². The van der Waals surface area contributed by atoms with Crippen molar-refractivity contribution in [1.29, 1.82) is 0 Å². The predicted octanol–water partition coefficient (Wildman–Crippen LogP) is 3.17. The van der Waals surface area contributed by atoms with E-state index < -0.39 is 0 Å². The second-order valence-electron chi connectivity index (χ2n) is 6.83. The van der Waals surface area contributed by atoms with E-state index in [0.29, 0.717) is 13.2 Å². The molecule has 132 valence electrons. The summed E-state index contributed by atoms with van der Waals surface area (Å²) in [7, 11) is 0. The molecule has 0 aromatic heterocycles. The summed E-state index contributed by atoms with van der Waals surface area (Å²) in [4.78, 5) is 5.11. The molecule has 4 heteroatoms. The van der Waals surface area contributed by atoms with Crippen molar-refractivity contribution in [3.63, 3.8) is 0 Å². The Hall–Kier alpha value is -2.04. The first-order chi connectivity index (χ1) is 12.4. The standard InChI is InChI=1S/C21H26N2O2/c1-2-6-18(7-3-1)16-22-10-5-11-23(13-12-22)17-19-8-4-9-20-21(19)25-15-14-24-20/h1-4,6-9H,5,10-17H2. The van der Waals surface area contributed by atoms with E-state index in [9.17, 15) is 0 Å². The van der Waals surface area contributed by atoms with E-state index >= 15 is 0 Å². The average Bonchev–Trinajstić information content (AvgIpc) is 2.88. The minimum Gasteiger partial charge on any atom is -0.486 e. The predicted molar refractivity (Wildman–Crippen MR) is 99.0 cm³/mol. The van der Waals surface area contributed by atoms with Crippen LogP contribution in [0.2, 0.25) is 0 Å². The van der Waals surface area contributed by atoms with Crippen molar-refractivity contribution in [1.82, 2.24) is 9.80 Å². The Morgan fingerprint density at radius 1 is 0.720 bits per heavy atom. The van der Waals surface area contributed by atoms with Crippen LogP contribution in [0.25, 0.3) is 0 Å². The van der Waals surface area contributed by atoms with Gasteiger partial charge in [-0.15, -0.1) is 0 Å². The molecule has 0 saturated carbocycles. The van der Waals surface area contributed by atoms with Crippen molar-refractivity contribution >= 4 is 0 Å². The highest BCUT2D eigenvalue weighted by Crippen LogP contribution is 2.34. The second kappa shape index (κ2) is 7.89. The number of nitrogens with zero attached hydrogens (tertiary/aromatic N) is 2. The molecule has 0 unspecified atom stereocenters. The van der Waals surface area contributed by atoms with E-state index in [4.69, 9.17) is 9.47 Å². The minimum absolute atomic E-state index is 0.647. The van der Waals surface area contributed by atoms with Gasteiger partial charge in [0.25, 0.3) is 0 Å². The van der Waals surface area contributed by atoms with Crippen LogP contribution in [-0.2, 0) is 13.1 Å². The largest absolute Gasteiger partial charge is 0.486 e. The highest BCUT2D eigenvalue weighted by molar-refractivity contribution is 5.47. The molecule has 2 aromatic rings. The molecule has 25 heavy (non-hydrogen) atoms. The smallest absolute Gasteiger partial charge is 0.165 e. The van der Waals surface area contributed by atoms with Crippen LogP contribution in [0.4, 0.5) is 0 Å². The van der Waals surface area contributed by atoms with Crippen LogP contribution in [0.15, 0.2) is 48.5 Å². The zero-order valence-corrected chi connectivity index (χ0v) is 14.7. The fourth-order valence-electron chi connectivity index (χ4n) is 3.68. The van der Waals surface area contributed by atoms with Crippen LogP contribution in [0.1, 0.15) is 17.5 Å². The van der Waals surface area contributed by atoms with E-state index in [1.54, 1.807) is 0 Å². The number of para-hydroxylation sites is 1. The Morgan fingerprint density at radius 3 is 2.32 bits per heavy atom. The third kappa shape index (κ3) is 4.14. The van der Waals surface area contributed by atoms with E-state index in [1.807, 2.05) is 6.07 Å². The van der Waals surface area contributed by atoms with Gasteiger partial charge in [-0.3, -0.25) is 9.80 Å². The normalized spacial score (nSPS) is 18.7. The summed E-state index contributed by atoms with van der Waals surface area (Å²) in [6, 6.07) is 17.0. The maximum atomic E-state index is 5.87. The number of benzene rings is 2. The first-order valence-corrected chi connectivity index (χ1v) is 9.24. The van der Waals surface area contributed by atoms with Crippen molar-refractivity contribution < 1.29 is 9.47 Å². The lowest BCUT2D eigenvalue weighted by Gasteiger charge is -2.25. The Kier molecular flexibility index (Phi) is 5.19. The van der Waals surface area contributed by atoms with E-state index in [0.717, 1.165) is 50.8 Å². The molecule has 2 heterocycles. The Balaban J connectivity index is 1.37. The molecule has 2 aromatic carbocycles. The lowest BCUT2D eigenvalue weighted by molar-refractivity contribution is 0.166. The molecule has 0 spiro atoms. The number of rotatable bonds is 4. The van der Waals surface area contributed by atoms with Crippen LogP contribution < -0.4 is 9.47 Å². The molecule has 4 rings (SSSR count). The maximum absolute atomic E-state index is 5.87. The zero-order valence-electron chi connectivity index (χ0n) is 14.7. The quantitative estimate of drug-likeness (QED) is 0.855. The first-order valence-electron chi connectivity index (χ1n) is 9.24. The summed E-state index contributed by atoms with van der Waals surface area (Å²) in [6.07, 6.45) is 1.21. The van der Waals surface area contributed by atoms with Crippen LogP contribution >= 0.6 is 0 Å². The van der Waals surface area contributed by atoms with Gasteiger partial charge < -0.3 is 9.47 Å². The van der Waals surface area contributed by atoms with Gasteiger partial charge in [-0.25, -0.2) is 0 Å². The van der Waals surface area contributed by atoms with Gasteiger partial charge in [0.1, 0.15) is 13.2 Å². The second-order valence-corrected chi connectivity index (χ2v) is 6.83. The van der Waals surface area contributed by atoms with Crippen molar-refractivity contribution in [3.8, 4) is 11.5 Å². The lowest BCUT2D eigenvalue weighted by atomic mass is 10.1. The average molecular weight is 338 g/mol. The van der Waals surface area contributed by atoms with E-state index in [-0.39, 0.29) is 0 Å². The van der Waals surface area contributed by atoms with Gasteiger partial charge >= 0.3 is 0 Å². The first kappa shape index (κ1) is 16.4. The third-order valence-electron chi connectivity index (χ3n) is 4.97. The molecule has 1 fully saturated rings. The van der Waals surface area contributed by atoms with Crippen molar-refractivity contribution in [3.05, 3.63) is 59.7 Å². The van der Waals surface area contributed by atoms with E-state index in [1.165, 1.54) is 17.5 Å². The molecular formula is C21H26N2O2. The molecule has 0 amide bonds. The van der Waals surface area contributed by atoms with Crippen LogP contribution in [0.5, 0.6) is 11.5 Å². The third-order valence-corrected chi connectivity index (χ3v) is 4.97. The molecule has 4 nitrogen and oxygen atoms in total. The van der Waals surface area contributed by atoms with Crippen LogP contribution in [0, 0.1) is 0 Å². The topological polar surface area (TPSA) is 24.9 Å². The summed E-state index contributed by atoms with van der Waals surface area (Å²) in [5, 5.41) is 0. The molecule has 0 atom stereocenters. The van der Waals surface area contributed by atoms with Gasteiger partial charge in [-0.05, 0) is 31.1 Å². The highest BCUT2D eigenvalue weighted by atomic mass is 16.6. The van der Waals surface area contributed by atoms with Crippen molar-refractivity contribution in [2.45, 2.75) is 19.5 Å². The molecule has 2 aliphatic rings. The molecule has 0 N–H and O–H groups in total. The Bertz CT molecular complexity index is 690. The van der Waals surface area contributed by atoms with Crippen LogP contribution in [-0.4, -0.2) is 49.2 Å². The molecule has 0 bridgehead atoms.